The molecule has 1 fully saturated rings. The molecule has 0 aromatic rings. The first-order valence-electron chi connectivity index (χ1n) is 6.88. The minimum Gasteiger partial charge on any atom is -0.388 e. The molecule has 1 rings (SSSR count). The lowest BCUT2D eigenvalue weighted by atomic mass is 9.99. The van der Waals surface area contributed by atoms with Crippen LogP contribution in [-0.4, -0.2) is 30.4 Å². The molecule has 0 amide bonds. The molecule has 0 unspecified atom stereocenters. The lowest BCUT2D eigenvalue weighted by Gasteiger charge is -2.30. The van der Waals surface area contributed by atoms with Crippen LogP contribution in [0.5, 0.6) is 0 Å². The Morgan fingerprint density at radius 2 is 1.65 bits per heavy atom. The van der Waals surface area contributed by atoms with Crippen LogP contribution in [-0.2, 0) is 0 Å². The molecule has 3 nitrogen and oxygen atoms in total. The van der Waals surface area contributed by atoms with Crippen molar-refractivity contribution < 1.29 is 0 Å². The summed E-state index contributed by atoms with van der Waals surface area (Å²) in [6.07, 6.45) is 3.29. The van der Waals surface area contributed by atoms with Crippen LogP contribution < -0.4 is 5.73 Å². The summed E-state index contributed by atoms with van der Waals surface area (Å²) in [6.45, 7) is 12.6. The van der Waals surface area contributed by atoms with Crippen LogP contribution in [0, 0.1) is 22.7 Å². The standard InChI is InChI=1S/C14H29N3/c1-11(2)8-17(9-12(3)4)10-14(5-6-14)7-13(15)16/h11-12H,5-10H2,1-4H3,(H3,15,16). The van der Waals surface area contributed by atoms with Crippen molar-refractivity contribution in [2.45, 2.75) is 47.0 Å². The minimum absolute atomic E-state index is 0.343. The molecule has 0 aromatic heterocycles. The molecule has 0 saturated heterocycles. The van der Waals surface area contributed by atoms with Gasteiger partial charge in [-0.15, -0.1) is 0 Å². The van der Waals surface area contributed by atoms with Crippen molar-refractivity contribution in [2.75, 3.05) is 19.6 Å². The van der Waals surface area contributed by atoms with Crippen molar-refractivity contribution in [3.8, 4) is 0 Å². The number of nitrogens with two attached hydrogens (primary N) is 1. The second-order valence-electron chi connectivity index (χ2n) is 6.68. The van der Waals surface area contributed by atoms with Gasteiger partial charge in [-0.25, -0.2) is 0 Å². The molecule has 0 bridgehead atoms. The molecule has 1 saturated carbocycles. The summed E-state index contributed by atoms with van der Waals surface area (Å²) in [5, 5.41) is 7.48. The predicted molar refractivity (Wildman–Crippen MR) is 74.3 cm³/mol. The summed E-state index contributed by atoms with van der Waals surface area (Å²) in [6, 6.07) is 0. The summed E-state index contributed by atoms with van der Waals surface area (Å²) >= 11 is 0. The van der Waals surface area contributed by atoms with Gasteiger partial charge in [0.25, 0.3) is 0 Å². The van der Waals surface area contributed by atoms with Crippen LogP contribution in [0.2, 0.25) is 0 Å². The van der Waals surface area contributed by atoms with Gasteiger partial charge < -0.3 is 10.6 Å². The largest absolute Gasteiger partial charge is 0.388 e. The third kappa shape index (κ3) is 5.53. The van der Waals surface area contributed by atoms with Crippen LogP contribution in [0.3, 0.4) is 0 Å². The lowest BCUT2D eigenvalue weighted by Crippen LogP contribution is -2.37. The zero-order chi connectivity index (χ0) is 13.1. The Kier molecular flexibility index (Phi) is 4.99. The first-order chi connectivity index (χ1) is 7.83. The third-order valence-corrected chi connectivity index (χ3v) is 3.33. The second-order valence-corrected chi connectivity index (χ2v) is 6.68. The van der Waals surface area contributed by atoms with Gasteiger partial charge in [-0.3, -0.25) is 5.41 Å². The van der Waals surface area contributed by atoms with E-state index in [0.29, 0.717) is 23.1 Å². The third-order valence-electron chi connectivity index (χ3n) is 3.33. The van der Waals surface area contributed by atoms with E-state index in [4.69, 9.17) is 11.1 Å². The summed E-state index contributed by atoms with van der Waals surface area (Å²) < 4.78 is 0. The van der Waals surface area contributed by atoms with Gasteiger partial charge in [0, 0.05) is 26.1 Å². The van der Waals surface area contributed by atoms with E-state index in [1.54, 1.807) is 0 Å². The predicted octanol–water partition coefficient (Wildman–Crippen LogP) is 2.71. The molecule has 1 aliphatic carbocycles. The van der Waals surface area contributed by atoms with Crippen LogP contribution in [0.15, 0.2) is 0 Å². The SMILES string of the molecule is CC(C)CN(CC(C)C)CC1(CC(=N)N)CC1. The van der Waals surface area contributed by atoms with Gasteiger partial charge in [0.2, 0.25) is 0 Å². The van der Waals surface area contributed by atoms with E-state index in [1.807, 2.05) is 0 Å². The molecule has 3 N–H and O–H groups in total. The first-order valence-corrected chi connectivity index (χ1v) is 6.88. The maximum absolute atomic E-state index is 7.48. The summed E-state index contributed by atoms with van der Waals surface area (Å²) in [7, 11) is 0. The normalized spacial score (nSPS) is 18.1. The van der Waals surface area contributed by atoms with Gasteiger partial charge in [0.05, 0.1) is 5.84 Å². The van der Waals surface area contributed by atoms with Gasteiger partial charge in [0.15, 0.2) is 0 Å². The van der Waals surface area contributed by atoms with E-state index < -0.39 is 0 Å². The Balaban J connectivity index is 2.50. The number of amidine groups is 1. The number of nitrogens with zero attached hydrogens (tertiary/aromatic N) is 1. The fourth-order valence-electron chi connectivity index (χ4n) is 2.68. The molecule has 3 heteroatoms. The van der Waals surface area contributed by atoms with Crippen molar-refractivity contribution in [1.82, 2.24) is 4.90 Å². The minimum atomic E-state index is 0.343. The molecule has 0 aromatic carbocycles. The fourth-order valence-corrected chi connectivity index (χ4v) is 2.68. The van der Waals surface area contributed by atoms with Crippen LogP contribution >= 0.6 is 0 Å². The van der Waals surface area contributed by atoms with Crippen molar-refractivity contribution in [3.63, 3.8) is 0 Å². The summed E-state index contributed by atoms with van der Waals surface area (Å²) in [5.74, 6) is 1.78. The van der Waals surface area contributed by atoms with Crippen LogP contribution in [0.1, 0.15) is 47.0 Å². The number of hydrogen-bond acceptors (Lipinski definition) is 2. The molecular weight excluding hydrogens is 210 g/mol. The first kappa shape index (κ1) is 14.5. The Bertz CT molecular complexity index is 244. The summed E-state index contributed by atoms with van der Waals surface area (Å²) in [4.78, 5) is 2.57. The number of rotatable bonds is 8. The number of nitrogens with one attached hydrogen (secondary N) is 1. The fraction of sp³-hybridized carbons (Fsp3) is 0.929. The van der Waals surface area contributed by atoms with Crippen molar-refractivity contribution in [2.24, 2.45) is 23.0 Å². The van der Waals surface area contributed by atoms with E-state index in [0.717, 1.165) is 26.1 Å². The highest BCUT2D eigenvalue weighted by Gasteiger charge is 2.44. The zero-order valence-corrected chi connectivity index (χ0v) is 11.9. The van der Waals surface area contributed by atoms with Gasteiger partial charge in [-0.1, -0.05) is 27.7 Å². The molecular formula is C14H29N3. The molecule has 0 atom stereocenters. The van der Waals surface area contributed by atoms with E-state index in [1.165, 1.54) is 12.8 Å². The Hall–Kier alpha value is -0.570. The van der Waals surface area contributed by atoms with Crippen molar-refractivity contribution >= 4 is 5.84 Å². The highest BCUT2D eigenvalue weighted by atomic mass is 15.1. The molecule has 17 heavy (non-hydrogen) atoms. The Morgan fingerprint density at radius 1 is 1.18 bits per heavy atom. The smallest absolute Gasteiger partial charge is 0.0911 e. The topological polar surface area (TPSA) is 53.1 Å². The monoisotopic (exact) mass is 239 g/mol. The molecule has 0 radical (unpaired) electrons. The Morgan fingerprint density at radius 3 is 1.94 bits per heavy atom. The lowest BCUT2D eigenvalue weighted by molar-refractivity contribution is 0.181. The maximum Gasteiger partial charge on any atom is 0.0911 e. The maximum atomic E-state index is 7.48. The molecule has 100 valence electrons. The van der Waals surface area contributed by atoms with E-state index >= 15 is 0 Å². The average molecular weight is 239 g/mol. The second kappa shape index (κ2) is 5.85. The molecule has 1 aliphatic rings. The summed E-state index contributed by atoms with van der Waals surface area (Å²) in [5.41, 5.74) is 5.90. The van der Waals surface area contributed by atoms with Crippen molar-refractivity contribution in [3.05, 3.63) is 0 Å². The van der Waals surface area contributed by atoms with Crippen molar-refractivity contribution in [1.29, 1.82) is 5.41 Å². The zero-order valence-electron chi connectivity index (χ0n) is 11.9. The van der Waals surface area contributed by atoms with Gasteiger partial charge in [0.1, 0.15) is 0 Å². The Labute approximate surface area is 106 Å². The van der Waals surface area contributed by atoms with Gasteiger partial charge in [-0.2, -0.15) is 0 Å². The van der Waals surface area contributed by atoms with E-state index in [-0.39, 0.29) is 0 Å². The van der Waals surface area contributed by atoms with Gasteiger partial charge in [-0.05, 0) is 30.1 Å². The van der Waals surface area contributed by atoms with Gasteiger partial charge >= 0.3 is 0 Å². The average Bonchev–Trinajstić information content (AvgIpc) is 2.79. The molecule has 0 spiro atoms. The quantitative estimate of drug-likeness (QED) is 0.505. The van der Waals surface area contributed by atoms with Crippen LogP contribution in [0.25, 0.3) is 0 Å². The van der Waals surface area contributed by atoms with E-state index in [2.05, 4.69) is 32.6 Å². The molecule has 0 aliphatic heterocycles. The molecule has 0 heterocycles. The highest BCUT2D eigenvalue weighted by molar-refractivity contribution is 5.78. The van der Waals surface area contributed by atoms with E-state index in [9.17, 15) is 0 Å². The van der Waals surface area contributed by atoms with Crippen LogP contribution in [0.4, 0.5) is 0 Å². The highest BCUT2D eigenvalue weighted by Crippen LogP contribution is 2.49. The number of hydrogen-bond donors (Lipinski definition) is 2.